The van der Waals surface area contributed by atoms with Crippen LogP contribution in [0.5, 0.6) is 0 Å². The van der Waals surface area contributed by atoms with E-state index in [1.807, 2.05) is 26.2 Å². The summed E-state index contributed by atoms with van der Waals surface area (Å²) >= 11 is 0. The molecule has 4 aliphatic rings. The second kappa shape index (κ2) is 13.8. The first-order valence-electron chi connectivity index (χ1n) is 18.9. The van der Waals surface area contributed by atoms with Crippen molar-refractivity contribution in [3.8, 4) is 33.6 Å². The van der Waals surface area contributed by atoms with Gasteiger partial charge in [-0.25, -0.2) is 29.1 Å². The number of aromatic nitrogens is 4. The van der Waals surface area contributed by atoms with Crippen molar-refractivity contribution < 1.29 is 28.7 Å². The molecule has 14 nitrogen and oxygen atoms in total. The number of primary amides is 2. The van der Waals surface area contributed by atoms with Gasteiger partial charge in [0.2, 0.25) is 0 Å². The molecule has 2 amide bonds. The summed E-state index contributed by atoms with van der Waals surface area (Å²) in [5.74, 6) is 1.36. The minimum Gasteiger partial charge on any atom is -0.375 e. The van der Waals surface area contributed by atoms with Crippen molar-refractivity contribution in [2.75, 3.05) is 0 Å². The number of esters is 2. The fraction of sp³-hybridized carbons (Fsp3) is 0.450. The molecular weight excluding hydrogens is 688 g/mol. The second-order valence-electron chi connectivity index (χ2n) is 15.2. The molecule has 4 fully saturated rings. The van der Waals surface area contributed by atoms with Crippen LogP contribution in [-0.4, -0.2) is 78.0 Å². The molecule has 8 atom stereocenters. The quantitative estimate of drug-likeness (QED) is 0.107. The van der Waals surface area contributed by atoms with Crippen molar-refractivity contribution in [3.05, 3.63) is 71.6 Å². The lowest BCUT2D eigenvalue weighted by Gasteiger charge is -2.31. The zero-order valence-electron chi connectivity index (χ0n) is 30.9. The lowest BCUT2D eigenvalue weighted by Crippen LogP contribution is -2.44. The molecule has 2 aromatic carbocycles. The molecule has 2 saturated carbocycles. The van der Waals surface area contributed by atoms with Gasteiger partial charge in [0.15, 0.2) is 0 Å². The summed E-state index contributed by atoms with van der Waals surface area (Å²) in [5, 5.41) is 0. The molecule has 0 spiro atoms. The number of hydrogen-bond acceptors (Lipinski definition) is 10. The number of nitrogens with two attached hydrogens (primary N) is 2. The van der Waals surface area contributed by atoms with Gasteiger partial charge in [0.05, 0.1) is 35.9 Å². The first kappa shape index (κ1) is 35.7. The van der Waals surface area contributed by atoms with E-state index in [0.29, 0.717) is 24.7 Å². The van der Waals surface area contributed by atoms with Crippen molar-refractivity contribution in [1.29, 1.82) is 0 Å². The number of nitrogens with one attached hydrogen (secondary N) is 2. The van der Waals surface area contributed by atoms with Crippen LogP contribution in [0.25, 0.3) is 33.6 Å². The van der Waals surface area contributed by atoms with Gasteiger partial charge in [0, 0.05) is 17.6 Å². The molecule has 2 aromatic heterocycles. The van der Waals surface area contributed by atoms with E-state index in [1.165, 1.54) is 0 Å². The number of carbonyl (C=O) groups is 4. The molecule has 14 heteroatoms. The molecule has 0 radical (unpaired) electrons. The van der Waals surface area contributed by atoms with Crippen LogP contribution in [0.15, 0.2) is 48.8 Å². The number of likely N-dealkylation sites (tertiary alicyclic amines) is 2. The third-order valence-electron chi connectivity index (χ3n) is 12.2. The molecule has 54 heavy (non-hydrogen) atoms. The second-order valence-corrected chi connectivity index (χ2v) is 15.2. The molecule has 6 N–H and O–H groups in total. The predicted molar refractivity (Wildman–Crippen MR) is 198 cm³/mol. The van der Waals surface area contributed by atoms with Gasteiger partial charge in [-0.3, -0.25) is 9.80 Å². The van der Waals surface area contributed by atoms with E-state index in [1.54, 1.807) is 0 Å². The van der Waals surface area contributed by atoms with Crippen LogP contribution in [0.4, 0.5) is 9.59 Å². The minimum atomic E-state index is -1.08. The Hall–Kier alpha value is -5.34. The van der Waals surface area contributed by atoms with Crippen LogP contribution in [-0.2, 0) is 19.1 Å². The number of amides is 2. The summed E-state index contributed by atoms with van der Waals surface area (Å²) < 4.78 is 9.58. The summed E-state index contributed by atoms with van der Waals surface area (Å²) in [5.41, 5.74) is 18.7. The average Bonchev–Trinajstić information content (AvgIpc) is 3.75. The zero-order chi connectivity index (χ0) is 38.0. The molecule has 2 saturated heterocycles. The molecular formula is C40H46N8O6. The molecule has 2 aliphatic carbocycles. The molecule has 2 unspecified atom stereocenters. The number of fused-ring (bicyclic) bond motifs is 2. The maximum absolute atomic E-state index is 12.8. The maximum Gasteiger partial charge on any atom is 0.412 e. The summed E-state index contributed by atoms with van der Waals surface area (Å²) in [6, 6.07) is 11.9. The molecule has 4 aromatic rings. The smallest absolute Gasteiger partial charge is 0.375 e. The highest BCUT2D eigenvalue weighted by atomic mass is 16.6. The third-order valence-corrected chi connectivity index (χ3v) is 12.2. The highest BCUT2D eigenvalue weighted by Crippen LogP contribution is 2.55. The highest BCUT2D eigenvalue weighted by molar-refractivity contribution is 5.87. The number of rotatable bonds is 11. The summed E-state index contributed by atoms with van der Waals surface area (Å²) in [7, 11) is 0. The van der Waals surface area contributed by atoms with Crippen molar-refractivity contribution in [2.45, 2.75) is 102 Å². The van der Waals surface area contributed by atoms with Crippen LogP contribution in [0.1, 0.15) is 87.2 Å². The molecule has 4 heterocycles. The van der Waals surface area contributed by atoms with E-state index < -0.39 is 36.2 Å². The monoisotopic (exact) mass is 734 g/mol. The van der Waals surface area contributed by atoms with Gasteiger partial charge in [-0.15, -0.1) is 0 Å². The fourth-order valence-corrected chi connectivity index (χ4v) is 9.26. The normalized spacial score (nSPS) is 25.4. The zero-order valence-corrected chi connectivity index (χ0v) is 30.9. The molecule has 8 rings (SSSR count). The van der Waals surface area contributed by atoms with Crippen molar-refractivity contribution in [3.63, 3.8) is 0 Å². The number of H-pyrrole nitrogens is 2. The van der Waals surface area contributed by atoms with Gasteiger partial charge in [-0.1, -0.05) is 50.2 Å². The Morgan fingerprint density at radius 1 is 0.685 bits per heavy atom. The van der Waals surface area contributed by atoms with Gasteiger partial charge < -0.3 is 30.9 Å². The van der Waals surface area contributed by atoms with Crippen LogP contribution in [0.2, 0.25) is 0 Å². The van der Waals surface area contributed by atoms with Crippen molar-refractivity contribution >= 4 is 24.1 Å². The van der Waals surface area contributed by atoms with Gasteiger partial charge in [-0.05, 0) is 92.0 Å². The number of hydrogen-bond donors (Lipinski definition) is 4. The SMILES string of the molecule is CC[C@@H](C(=O)OC(N)=O)N1C2C[C@H]2C[C@H]1c1ncc(-c2ccc(-c3ccc(-c4cnc([C@@H]5C[C@@H]6CC6N5[C@@H](CC)C(=O)OC(N)=O)[nH]4)c(C)c3C)cc2)[nH]1. The first-order valence-corrected chi connectivity index (χ1v) is 18.9. The first-order chi connectivity index (χ1) is 26.0. The van der Waals surface area contributed by atoms with Crippen LogP contribution in [0, 0.1) is 25.7 Å². The lowest BCUT2D eigenvalue weighted by molar-refractivity contribution is -0.145. The minimum absolute atomic E-state index is 0.0784. The Balaban J connectivity index is 0.980. The van der Waals surface area contributed by atoms with Gasteiger partial charge in [-0.2, -0.15) is 0 Å². The number of nitrogens with zero attached hydrogens (tertiary/aromatic N) is 4. The number of ether oxygens (including phenoxy) is 2. The van der Waals surface area contributed by atoms with E-state index in [-0.39, 0.29) is 24.2 Å². The van der Waals surface area contributed by atoms with E-state index >= 15 is 0 Å². The Morgan fingerprint density at radius 3 is 1.63 bits per heavy atom. The average molecular weight is 735 g/mol. The lowest BCUT2D eigenvalue weighted by atomic mass is 9.92. The molecule has 282 valence electrons. The topological polar surface area (TPSA) is 203 Å². The van der Waals surface area contributed by atoms with Crippen LogP contribution < -0.4 is 11.5 Å². The van der Waals surface area contributed by atoms with E-state index in [4.69, 9.17) is 30.9 Å². The summed E-state index contributed by atoms with van der Waals surface area (Å²) in [4.78, 5) is 69.1. The van der Waals surface area contributed by atoms with Gasteiger partial charge >= 0.3 is 24.1 Å². The molecule has 2 aliphatic heterocycles. The number of imidazole rings is 2. The van der Waals surface area contributed by atoms with Crippen LogP contribution >= 0.6 is 0 Å². The Kier molecular flexibility index (Phi) is 9.13. The Morgan fingerprint density at radius 2 is 1.13 bits per heavy atom. The number of piperidine rings is 2. The summed E-state index contributed by atoms with van der Waals surface area (Å²) in [6.45, 7) is 8.07. The highest BCUT2D eigenvalue weighted by Gasteiger charge is 2.57. The summed E-state index contributed by atoms with van der Waals surface area (Å²) in [6.07, 6.45) is 6.35. The number of carbonyl (C=O) groups excluding carboxylic acids is 4. The largest absolute Gasteiger partial charge is 0.412 e. The van der Waals surface area contributed by atoms with E-state index in [0.717, 1.165) is 82.1 Å². The standard InChI is InChI=1S/C40H46N8O6/c1-5-29(37(49)53-39(41)51)47-31-13-23(31)15-33(47)35-43-17-27(45-35)22-9-7-21(8-10-22)25-11-12-26(20(4)19(25)3)28-18-44-36(46-28)34-16-24-14-32(24)48(34)30(6-2)38(50)54-40(42)52/h7-12,17-18,23-24,29-34H,5-6,13-16H2,1-4H3,(H2,41,51)(H2,42,52)(H,43,45)(H,44,46)/t23-,24-,29-,30-,31?,32?,33-,34-/m0/s1. The fourth-order valence-electron chi connectivity index (χ4n) is 9.26. The van der Waals surface area contributed by atoms with Gasteiger partial charge in [0.25, 0.3) is 0 Å². The Labute approximate surface area is 313 Å². The third kappa shape index (κ3) is 6.36. The maximum atomic E-state index is 12.8. The van der Waals surface area contributed by atoms with Crippen LogP contribution in [0.3, 0.4) is 0 Å². The Bertz CT molecular complexity index is 2130. The predicted octanol–water partition coefficient (Wildman–Crippen LogP) is 5.82. The van der Waals surface area contributed by atoms with E-state index in [9.17, 15) is 19.2 Å². The number of aromatic amines is 2. The molecule has 0 bridgehead atoms. The number of benzene rings is 2. The van der Waals surface area contributed by atoms with Crippen molar-refractivity contribution in [2.24, 2.45) is 23.3 Å². The van der Waals surface area contributed by atoms with Crippen molar-refractivity contribution in [1.82, 2.24) is 29.7 Å². The van der Waals surface area contributed by atoms with Gasteiger partial charge in [0.1, 0.15) is 23.7 Å². The van der Waals surface area contributed by atoms with E-state index in [2.05, 4.69) is 70.0 Å².